The molecule has 0 bridgehead atoms. The number of hydrogen-bond acceptors (Lipinski definition) is 0. The molecular formula is C19H28N+. The minimum absolute atomic E-state index is 0.546. The van der Waals surface area contributed by atoms with Crippen molar-refractivity contribution in [3.05, 3.63) is 39.1 Å². The van der Waals surface area contributed by atoms with Crippen molar-refractivity contribution in [3.8, 4) is 0 Å². The van der Waals surface area contributed by atoms with Gasteiger partial charge in [0.05, 0.1) is 5.39 Å². The third-order valence-electron chi connectivity index (χ3n) is 5.22. The van der Waals surface area contributed by atoms with Gasteiger partial charge in [-0.2, -0.15) is 4.57 Å². The van der Waals surface area contributed by atoms with Crippen LogP contribution in [0.3, 0.4) is 0 Å². The van der Waals surface area contributed by atoms with Gasteiger partial charge in [0, 0.05) is 17.0 Å². The second kappa shape index (κ2) is 4.87. The summed E-state index contributed by atoms with van der Waals surface area (Å²) in [5.41, 5.74) is 11.5. The maximum absolute atomic E-state index is 2.43. The molecule has 0 amide bonds. The quantitative estimate of drug-likeness (QED) is 0.665. The highest BCUT2D eigenvalue weighted by atomic mass is 14.9. The Kier molecular flexibility index (Phi) is 3.66. The van der Waals surface area contributed by atoms with Crippen molar-refractivity contribution in [1.29, 1.82) is 0 Å². The average Bonchev–Trinajstić information content (AvgIpc) is 2.37. The van der Waals surface area contributed by atoms with Gasteiger partial charge in [-0.05, 0) is 63.8 Å². The highest BCUT2D eigenvalue weighted by molar-refractivity contribution is 5.88. The molecule has 1 aromatic carbocycles. The lowest BCUT2D eigenvalue weighted by Gasteiger charge is -2.18. The molecule has 1 aromatic heterocycles. The smallest absolute Gasteiger partial charge is 0.198 e. The van der Waals surface area contributed by atoms with E-state index in [4.69, 9.17) is 0 Å². The van der Waals surface area contributed by atoms with E-state index >= 15 is 0 Å². The monoisotopic (exact) mass is 270 g/mol. The van der Waals surface area contributed by atoms with Crippen molar-refractivity contribution >= 4 is 10.9 Å². The lowest BCUT2D eigenvalue weighted by molar-refractivity contribution is -0.654. The van der Waals surface area contributed by atoms with Gasteiger partial charge < -0.3 is 0 Å². The lowest BCUT2D eigenvalue weighted by Crippen LogP contribution is -2.38. The minimum Gasteiger partial charge on any atom is -0.198 e. The normalized spacial score (nSPS) is 11.7. The number of pyridine rings is 1. The molecule has 0 spiro atoms. The van der Waals surface area contributed by atoms with E-state index in [-0.39, 0.29) is 0 Å². The van der Waals surface area contributed by atoms with Crippen LogP contribution >= 0.6 is 0 Å². The van der Waals surface area contributed by atoms with Crippen molar-refractivity contribution < 1.29 is 4.57 Å². The molecule has 1 heterocycles. The van der Waals surface area contributed by atoms with Gasteiger partial charge in [0.1, 0.15) is 7.05 Å². The van der Waals surface area contributed by atoms with E-state index in [0.29, 0.717) is 5.92 Å². The van der Waals surface area contributed by atoms with Crippen LogP contribution in [0.15, 0.2) is 0 Å². The van der Waals surface area contributed by atoms with Crippen LogP contribution in [0, 0.1) is 41.5 Å². The van der Waals surface area contributed by atoms with Crippen molar-refractivity contribution in [2.45, 2.75) is 61.3 Å². The first-order valence-corrected chi connectivity index (χ1v) is 7.59. The molecular weight excluding hydrogens is 242 g/mol. The summed E-state index contributed by atoms with van der Waals surface area (Å²) in [6.45, 7) is 18.2. The summed E-state index contributed by atoms with van der Waals surface area (Å²) in [7, 11) is 2.23. The fourth-order valence-corrected chi connectivity index (χ4v) is 3.74. The SMILES string of the molecule is Cc1c(C)c(C)c2c(c1C)c(C)c(C)c(C(C)C)[n+]2C. The summed E-state index contributed by atoms with van der Waals surface area (Å²) in [6.07, 6.45) is 0. The Bertz CT molecular complexity index is 706. The first-order valence-electron chi connectivity index (χ1n) is 7.59. The Labute approximate surface area is 123 Å². The van der Waals surface area contributed by atoms with Crippen LogP contribution in [0.1, 0.15) is 58.8 Å². The molecule has 0 saturated heterocycles. The molecule has 0 aliphatic carbocycles. The van der Waals surface area contributed by atoms with E-state index < -0.39 is 0 Å². The van der Waals surface area contributed by atoms with Crippen molar-refractivity contribution in [1.82, 2.24) is 0 Å². The topological polar surface area (TPSA) is 3.88 Å². The molecule has 2 aromatic rings. The highest BCUT2D eigenvalue weighted by Crippen LogP contribution is 2.32. The number of fused-ring (bicyclic) bond motifs is 1. The van der Waals surface area contributed by atoms with Crippen LogP contribution in [0.5, 0.6) is 0 Å². The van der Waals surface area contributed by atoms with Gasteiger partial charge >= 0.3 is 0 Å². The Balaban J connectivity index is 3.17. The first kappa shape index (κ1) is 15.0. The molecule has 0 atom stereocenters. The van der Waals surface area contributed by atoms with Crippen LogP contribution in [0.2, 0.25) is 0 Å². The molecule has 0 N–H and O–H groups in total. The fourth-order valence-electron chi connectivity index (χ4n) is 3.74. The summed E-state index contributed by atoms with van der Waals surface area (Å²) >= 11 is 0. The second-order valence-corrected chi connectivity index (χ2v) is 6.57. The maximum atomic E-state index is 2.43. The molecule has 0 unspecified atom stereocenters. The zero-order valence-corrected chi connectivity index (χ0v) is 14.5. The number of aryl methyl sites for hydroxylation is 4. The van der Waals surface area contributed by atoms with E-state index in [1.807, 2.05) is 0 Å². The van der Waals surface area contributed by atoms with Crippen molar-refractivity contribution in [2.75, 3.05) is 0 Å². The van der Waals surface area contributed by atoms with Gasteiger partial charge in [0.15, 0.2) is 5.69 Å². The van der Waals surface area contributed by atoms with Crippen LogP contribution in [-0.2, 0) is 7.05 Å². The molecule has 20 heavy (non-hydrogen) atoms. The fraction of sp³-hybridized carbons (Fsp3) is 0.526. The average molecular weight is 270 g/mol. The highest BCUT2D eigenvalue weighted by Gasteiger charge is 2.25. The van der Waals surface area contributed by atoms with E-state index in [1.54, 1.807) is 0 Å². The Morgan fingerprint density at radius 1 is 0.650 bits per heavy atom. The third-order valence-corrected chi connectivity index (χ3v) is 5.22. The lowest BCUT2D eigenvalue weighted by atomic mass is 9.88. The standard InChI is InChI=1S/C19H28N/c1-10(2)18-16(8)14(6)17-13(5)11(3)12(4)15(7)19(17)20(18)9/h10H,1-9H3/q+1. The largest absolute Gasteiger partial charge is 0.216 e. The van der Waals surface area contributed by atoms with Crippen molar-refractivity contribution in [3.63, 3.8) is 0 Å². The van der Waals surface area contributed by atoms with Gasteiger partial charge in [-0.1, -0.05) is 13.8 Å². The maximum Gasteiger partial charge on any atom is 0.216 e. The van der Waals surface area contributed by atoms with Crippen LogP contribution < -0.4 is 4.57 Å². The minimum atomic E-state index is 0.546. The molecule has 1 heteroatoms. The zero-order valence-electron chi connectivity index (χ0n) is 14.5. The van der Waals surface area contributed by atoms with Gasteiger partial charge in [-0.3, -0.25) is 0 Å². The molecule has 0 fully saturated rings. The van der Waals surface area contributed by atoms with E-state index in [1.165, 1.54) is 50.0 Å². The second-order valence-electron chi connectivity index (χ2n) is 6.57. The Morgan fingerprint density at radius 3 is 1.60 bits per heavy atom. The summed E-state index contributed by atoms with van der Waals surface area (Å²) in [6, 6.07) is 0. The van der Waals surface area contributed by atoms with Gasteiger partial charge in [0.2, 0.25) is 5.52 Å². The van der Waals surface area contributed by atoms with E-state index in [0.717, 1.165) is 0 Å². The first-order chi connectivity index (χ1) is 9.20. The van der Waals surface area contributed by atoms with Crippen LogP contribution in [-0.4, -0.2) is 0 Å². The number of aromatic nitrogens is 1. The zero-order chi connectivity index (χ0) is 15.4. The molecule has 2 rings (SSSR count). The van der Waals surface area contributed by atoms with Crippen LogP contribution in [0.4, 0.5) is 0 Å². The number of nitrogens with zero attached hydrogens (tertiary/aromatic N) is 1. The van der Waals surface area contributed by atoms with E-state index in [9.17, 15) is 0 Å². The van der Waals surface area contributed by atoms with Gasteiger partial charge in [-0.15, -0.1) is 0 Å². The number of benzene rings is 1. The van der Waals surface area contributed by atoms with E-state index in [2.05, 4.69) is 67.0 Å². The number of rotatable bonds is 1. The van der Waals surface area contributed by atoms with Crippen LogP contribution in [0.25, 0.3) is 10.9 Å². The Hall–Kier alpha value is -1.37. The summed E-state index contributed by atoms with van der Waals surface area (Å²) in [4.78, 5) is 0. The molecule has 108 valence electrons. The number of hydrogen-bond donors (Lipinski definition) is 0. The summed E-state index contributed by atoms with van der Waals surface area (Å²) in [5, 5.41) is 1.45. The van der Waals surface area contributed by atoms with Gasteiger partial charge in [-0.25, -0.2) is 0 Å². The molecule has 0 aliphatic heterocycles. The predicted octanol–water partition coefficient (Wildman–Crippen LogP) is 4.64. The predicted molar refractivity (Wildman–Crippen MR) is 87.6 cm³/mol. The third kappa shape index (κ3) is 1.87. The van der Waals surface area contributed by atoms with Gasteiger partial charge in [0.25, 0.3) is 0 Å². The molecule has 0 radical (unpaired) electrons. The molecule has 0 saturated carbocycles. The molecule has 1 nitrogen and oxygen atoms in total. The van der Waals surface area contributed by atoms with Crippen molar-refractivity contribution in [2.24, 2.45) is 7.05 Å². The Morgan fingerprint density at radius 2 is 1.10 bits per heavy atom. The summed E-state index contributed by atoms with van der Waals surface area (Å²) < 4.78 is 2.43. The molecule has 0 aliphatic rings. The summed E-state index contributed by atoms with van der Waals surface area (Å²) in [5.74, 6) is 0.546.